The van der Waals surface area contributed by atoms with Gasteiger partial charge in [-0.3, -0.25) is 9.69 Å². The van der Waals surface area contributed by atoms with Crippen molar-refractivity contribution < 1.29 is 9.53 Å². The molecule has 3 rings (SSSR count). The Balaban J connectivity index is 1.83. The molecule has 1 heterocycles. The molecule has 1 saturated heterocycles. The van der Waals surface area contributed by atoms with Crippen molar-refractivity contribution in [1.82, 2.24) is 4.90 Å². The lowest BCUT2D eigenvalue weighted by Gasteiger charge is -2.20. The quantitative estimate of drug-likeness (QED) is 0.592. The van der Waals surface area contributed by atoms with Gasteiger partial charge < -0.3 is 9.64 Å². The monoisotopic (exact) mass is 409 g/mol. The Kier molecular flexibility index (Phi) is 6.99. The topological polar surface area (TPSA) is 45.1 Å². The molecule has 0 spiro atoms. The van der Waals surface area contributed by atoms with Crippen molar-refractivity contribution >= 4 is 40.3 Å². The first-order chi connectivity index (χ1) is 14.1. The Bertz CT molecular complexity index is 901. The van der Waals surface area contributed by atoms with Crippen molar-refractivity contribution in [3.63, 3.8) is 0 Å². The van der Waals surface area contributed by atoms with Crippen molar-refractivity contribution in [2.45, 2.75) is 20.8 Å². The molecule has 0 N–H and O–H groups in total. The highest BCUT2D eigenvalue weighted by atomic mass is 32.2. The number of likely N-dealkylation sites (N-methyl/N-ethyl adjacent to an activating group) is 1. The lowest BCUT2D eigenvalue weighted by atomic mass is 10.1. The largest absolute Gasteiger partial charge is 0.497 e. The zero-order valence-corrected chi connectivity index (χ0v) is 18.2. The Hall–Kier alpha value is -2.73. The van der Waals surface area contributed by atoms with E-state index in [-0.39, 0.29) is 5.91 Å². The van der Waals surface area contributed by atoms with Gasteiger partial charge in [-0.1, -0.05) is 12.1 Å². The maximum Gasteiger partial charge on any atom is 0.266 e. The third-order valence-corrected chi connectivity index (χ3v) is 5.83. The van der Waals surface area contributed by atoms with E-state index in [1.54, 1.807) is 12.0 Å². The fourth-order valence-corrected chi connectivity index (χ4v) is 4.22. The van der Waals surface area contributed by atoms with E-state index >= 15 is 0 Å². The predicted octanol–water partition coefficient (Wildman–Crippen LogP) is 5.17. The van der Waals surface area contributed by atoms with Crippen LogP contribution in [0.15, 0.2) is 58.4 Å². The summed E-state index contributed by atoms with van der Waals surface area (Å²) >= 11 is 1.42. The molecule has 0 aromatic heterocycles. The van der Waals surface area contributed by atoms with Crippen molar-refractivity contribution in [2.75, 3.05) is 31.6 Å². The fraction of sp³-hybridized carbons (Fsp3) is 0.304. The summed E-state index contributed by atoms with van der Waals surface area (Å²) in [6, 6.07) is 15.8. The van der Waals surface area contributed by atoms with Gasteiger partial charge in [0.1, 0.15) is 5.75 Å². The van der Waals surface area contributed by atoms with E-state index < -0.39 is 0 Å². The summed E-state index contributed by atoms with van der Waals surface area (Å²) in [5.41, 5.74) is 3.00. The maximum absolute atomic E-state index is 12.8. The normalized spacial score (nSPS) is 16.7. The van der Waals surface area contributed by atoms with Gasteiger partial charge in [-0.25, -0.2) is 4.99 Å². The van der Waals surface area contributed by atoms with Gasteiger partial charge in [0.25, 0.3) is 5.91 Å². The van der Waals surface area contributed by atoms with E-state index in [1.807, 2.05) is 37.3 Å². The molecule has 6 heteroatoms. The summed E-state index contributed by atoms with van der Waals surface area (Å²) in [6.07, 6.45) is 1.94. The summed E-state index contributed by atoms with van der Waals surface area (Å²) < 4.78 is 5.19. The van der Waals surface area contributed by atoms with Gasteiger partial charge in [0.15, 0.2) is 5.17 Å². The molecule has 1 amide bonds. The van der Waals surface area contributed by atoms with E-state index in [0.717, 1.165) is 30.1 Å². The number of hydrogen-bond acceptors (Lipinski definition) is 5. The van der Waals surface area contributed by atoms with Crippen LogP contribution >= 0.6 is 11.8 Å². The average molecular weight is 410 g/mol. The van der Waals surface area contributed by atoms with Gasteiger partial charge in [-0.15, -0.1) is 0 Å². The maximum atomic E-state index is 12.8. The van der Waals surface area contributed by atoms with E-state index in [1.165, 1.54) is 17.4 Å². The fourth-order valence-electron chi connectivity index (χ4n) is 3.16. The minimum Gasteiger partial charge on any atom is -0.497 e. The Morgan fingerprint density at radius 3 is 2.24 bits per heavy atom. The van der Waals surface area contributed by atoms with Crippen LogP contribution in [-0.2, 0) is 4.79 Å². The molecular weight excluding hydrogens is 382 g/mol. The molecule has 0 radical (unpaired) electrons. The van der Waals surface area contributed by atoms with Crippen molar-refractivity contribution in [3.8, 4) is 5.75 Å². The molecule has 2 aromatic rings. The summed E-state index contributed by atoms with van der Waals surface area (Å²) in [4.78, 5) is 22.2. The van der Waals surface area contributed by atoms with Crippen molar-refractivity contribution in [3.05, 3.63) is 59.0 Å². The number of carbonyl (C=O) groups is 1. The second-order valence-electron chi connectivity index (χ2n) is 6.52. The van der Waals surface area contributed by atoms with Crippen LogP contribution in [0.2, 0.25) is 0 Å². The Morgan fingerprint density at radius 2 is 1.69 bits per heavy atom. The summed E-state index contributed by atoms with van der Waals surface area (Å²) in [7, 11) is 1.64. The molecule has 5 nitrogen and oxygen atoms in total. The van der Waals surface area contributed by atoms with Gasteiger partial charge in [0, 0.05) is 25.3 Å². The van der Waals surface area contributed by atoms with Crippen LogP contribution in [0, 0.1) is 0 Å². The van der Waals surface area contributed by atoms with Crippen LogP contribution in [0.1, 0.15) is 26.3 Å². The third kappa shape index (κ3) is 4.82. The minimum atomic E-state index is -0.00224. The van der Waals surface area contributed by atoms with Crippen LogP contribution in [0.25, 0.3) is 6.08 Å². The number of nitrogens with zero attached hydrogens (tertiary/aromatic N) is 3. The van der Waals surface area contributed by atoms with E-state index in [0.29, 0.717) is 16.6 Å². The molecule has 0 bridgehead atoms. The van der Waals surface area contributed by atoms with E-state index in [2.05, 4.69) is 48.0 Å². The molecule has 0 atom stereocenters. The SMILES string of the molecule is CCN1C(=O)/C(=C\c2ccc(N(CC)CC)cc2)SC1=Nc1ccc(OC)cc1. The van der Waals surface area contributed by atoms with Gasteiger partial charge in [-0.2, -0.15) is 0 Å². The average Bonchev–Trinajstić information content (AvgIpc) is 3.04. The molecule has 29 heavy (non-hydrogen) atoms. The number of anilines is 1. The Morgan fingerprint density at radius 1 is 1.03 bits per heavy atom. The number of ether oxygens (including phenoxy) is 1. The molecule has 152 valence electrons. The lowest BCUT2D eigenvalue weighted by Crippen LogP contribution is -2.28. The number of benzene rings is 2. The van der Waals surface area contributed by atoms with Crippen LogP contribution in [0.5, 0.6) is 5.75 Å². The van der Waals surface area contributed by atoms with Gasteiger partial charge in [0.2, 0.25) is 0 Å². The first kappa shape index (κ1) is 21.0. The predicted molar refractivity (Wildman–Crippen MR) is 123 cm³/mol. The number of amides is 1. The van der Waals surface area contributed by atoms with Crippen molar-refractivity contribution in [2.24, 2.45) is 4.99 Å². The van der Waals surface area contributed by atoms with Crippen LogP contribution in [0.3, 0.4) is 0 Å². The standard InChI is InChI=1S/C23H27N3O2S/c1-5-25(6-2)19-12-8-17(9-13-19)16-21-22(27)26(7-3)23(29-21)24-18-10-14-20(28-4)15-11-18/h8-16H,5-7H2,1-4H3/b21-16+,24-23?. The molecular formula is C23H27N3O2S. The smallest absolute Gasteiger partial charge is 0.266 e. The number of thioether (sulfide) groups is 1. The van der Waals surface area contributed by atoms with E-state index in [9.17, 15) is 4.79 Å². The molecule has 0 unspecified atom stereocenters. The molecule has 1 aliphatic rings. The molecule has 2 aromatic carbocycles. The zero-order chi connectivity index (χ0) is 20.8. The van der Waals surface area contributed by atoms with Crippen LogP contribution in [-0.4, -0.2) is 42.7 Å². The lowest BCUT2D eigenvalue weighted by molar-refractivity contribution is -0.122. The summed E-state index contributed by atoms with van der Waals surface area (Å²) in [5, 5.41) is 0.702. The highest BCUT2D eigenvalue weighted by Crippen LogP contribution is 2.34. The molecule has 0 aliphatic carbocycles. The second-order valence-corrected chi connectivity index (χ2v) is 7.53. The summed E-state index contributed by atoms with van der Waals surface area (Å²) in [6.45, 7) is 8.79. The Labute approximate surface area is 177 Å². The van der Waals surface area contributed by atoms with Crippen LogP contribution < -0.4 is 9.64 Å². The molecule has 1 fully saturated rings. The number of amidine groups is 1. The van der Waals surface area contributed by atoms with Crippen molar-refractivity contribution in [1.29, 1.82) is 0 Å². The first-order valence-electron chi connectivity index (χ1n) is 9.88. The number of rotatable bonds is 7. The number of methoxy groups -OCH3 is 1. The van der Waals surface area contributed by atoms with Gasteiger partial charge >= 0.3 is 0 Å². The second kappa shape index (κ2) is 9.65. The molecule has 1 aliphatic heterocycles. The van der Waals surface area contributed by atoms with Gasteiger partial charge in [-0.05, 0) is 80.6 Å². The number of hydrogen-bond donors (Lipinski definition) is 0. The third-order valence-electron chi connectivity index (χ3n) is 4.82. The zero-order valence-electron chi connectivity index (χ0n) is 17.4. The first-order valence-corrected chi connectivity index (χ1v) is 10.7. The number of aliphatic imine (C=N–C) groups is 1. The summed E-state index contributed by atoms with van der Waals surface area (Å²) in [5.74, 6) is 0.780. The van der Waals surface area contributed by atoms with E-state index in [4.69, 9.17) is 4.74 Å². The highest BCUT2D eigenvalue weighted by Gasteiger charge is 2.32. The minimum absolute atomic E-state index is 0.00224. The highest BCUT2D eigenvalue weighted by molar-refractivity contribution is 8.18. The van der Waals surface area contributed by atoms with Gasteiger partial charge in [0.05, 0.1) is 17.7 Å². The van der Waals surface area contributed by atoms with Crippen LogP contribution in [0.4, 0.5) is 11.4 Å². The number of carbonyl (C=O) groups excluding carboxylic acids is 1. The molecule has 0 saturated carbocycles.